The van der Waals surface area contributed by atoms with Crippen LogP contribution in [0.3, 0.4) is 0 Å². The van der Waals surface area contributed by atoms with Gasteiger partial charge in [0.25, 0.3) is 0 Å². The Labute approximate surface area is 163 Å². The first kappa shape index (κ1) is 19.8. The molecular formula is C19H25FN6O2. The van der Waals surface area contributed by atoms with Crippen molar-refractivity contribution < 1.29 is 13.9 Å². The van der Waals surface area contributed by atoms with Crippen molar-refractivity contribution >= 4 is 17.7 Å². The number of amides is 2. The van der Waals surface area contributed by atoms with E-state index in [9.17, 15) is 9.18 Å². The van der Waals surface area contributed by atoms with Gasteiger partial charge in [-0.05, 0) is 31.2 Å². The SMILES string of the molecule is COc1ccc(NC(=O)NCCCN2CCN(c3ncccn3)CC2)cc1F. The lowest BCUT2D eigenvalue weighted by Crippen LogP contribution is -2.47. The van der Waals surface area contributed by atoms with E-state index in [2.05, 4.69) is 30.4 Å². The fourth-order valence-electron chi connectivity index (χ4n) is 3.05. The Hall–Kier alpha value is -2.94. The van der Waals surface area contributed by atoms with Gasteiger partial charge in [0.15, 0.2) is 11.6 Å². The van der Waals surface area contributed by atoms with Crippen LogP contribution in [0.5, 0.6) is 5.75 Å². The van der Waals surface area contributed by atoms with Crippen molar-refractivity contribution in [1.82, 2.24) is 20.2 Å². The predicted octanol–water partition coefficient (Wildman–Crippen LogP) is 1.96. The Morgan fingerprint density at radius 3 is 2.64 bits per heavy atom. The third-order valence-electron chi connectivity index (χ3n) is 4.55. The molecule has 0 bridgehead atoms. The molecule has 1 aromatic carbocycles. The van der Waals surface area contributed by atoms with Gasteiger partial charge >= 0.3 is 6.03 Å². The van der Waals surface area contributed by atoms with Gasteiger partial charge in [-0.3, -0.25) is 4.90 Å². The summed E-state index contributed by atoms with van der Waals surface area (Å²) in [7, 11) is 1.40. The summed E-state index contributed by atoms with van der Waals surface area (Å²) in [5.74, 6) is 0.403. The van der Waals surface area contributed by atoms with Gasteiger partial charge in [-0.25, -0.2) is 19.2 Å². The van der Waals surface area contributed by atoms with E-state index in [0.29, 0.717) is 12.2 Å². The molecule has 2 heterocycles. The Morgan fingerprint density at radius 2 is 1.96 bits per heavy atom. The number of piperazine rings is 1. The van der Waals surface area contributed by atoms with Crippen LogP contribution in [0.2, 0.25) is 0 Å². The molecular weight excluding hydrogens is 363 g/mol. The minimum atomic E-state index is -0.514. The zero-order valence-electron chi connectivity index (χ0n) is 15.9. The van der Waals surface area contributed by atoms with Gasteiger partial charge in [0.2, 0.25) is 5.95 Å². The van der Waals surface area contributed by atoms with E-state index in [0.717, 1.165) is 45.1 Å². The van der Waals surface area contributed by atoms with Crippen LogP contribution in [0.25, 0.3) is 0 Å². The molecule has 0 saturated carbocycles. The van der Waals surface area contributed by atoms with Gasteiger partial charge in [-0.15, -0.1) is 0 Å². The van der Waals surface area contributed by atoms with E-state index < -0.39 is 5.82 Å². The quantitative estimate of drug-likeness (QED) is 0.706. The molecule has 2 amide bonds. The Balaban J connectivity index is 1.32. The van der Waals surface area contributed by atoms with E-state index in [1.54, 1.807) is 18.5 Å². The van der Waals surface area contributed by atoms with Crippen LogP contribution in [0.4, 0.5) is 20.8 Å². The van der Waals surface area contributed by atoms with Crippen LogP contribution in [0.1, 0.15) is 6.42 Å². The van der Waals surface area contributed by atoms with Crippen LogP contribution in [-0.2, 0) is 0 Å². The summed E-state index contributed by atoms with van der Waals surface area (Å²) in [6.45, 7) is 5.11. The first-order valence-electron chi connectivity index (χ1n) is 9.28. The maximum atomic E-state index is 13.6. The lowest BCUT2D eigenvalue weighted by atomic mass is 10.3. The van der Waals surface area contributed by atoms with E-state index in [-0.39, 0.29) is 11.8 Å². The summed E-state index contributed by atoms with van der Waals surface area (Å²) in [4.78, 5) is 25.0. The number of carbonyl (C=O) groups is 1. The minimum Gasteiger partial charge on any atom is -0.494 e. The molecule has 1 aliphatic heterocycles. The zero-order valence-corrected chi connectivity index (χ0v) is 15.9. The van der Waals surface area contributed by atoms with Gasteiger partial charge in [0, 0.05) is 56.9 Å². The van der Waals surface area contributed by atoms with Crippen molar-refractivity contribution in [3.63, 3.8) is 0 Å². The van der Waals surface area contributed by atoms with Crippen LogP contribution < -0.4 is 20.3 Å². The molecule has 1 fully saturated rings. The van der Waals surface area contributed by atoms with E-state index >= 15 is 0 Å². The van der Waals surface area contributed by atoms with Crippen LogP contribution in [0.15, 0.2) is 36.7 Å². The van der Waals surface area contributed by atoms with E-state index in [4.69, 9.17) is 4.74 Å². The first-order chi connectivity index (χ1) is 13.7. The second-order valence-corrected chi connectivity index (χ2v) is 6.46. The maximum Gasteiger partial charge on any atom is 0.319 e. The fourth-order valence-corrected chi connectivity index (χ4v) is 3.05. The number of urea groups is 1. The van der Waals surface area contributed by atoms with E-state index in [1.165, 1.54) is 19.2 Å². The number of halogens is 1. The first-order valence-corrected chi connectivity index (χ1v) is 9.28. The molecule has 2 aromatic rings. The molecule has 1 aliphatic rings. The topological polar surface area (TPSA) is 82.6 Å². The normalized spacial score (nSPS) is 14.6. The van der Waals surface area contributed by atoms with Crippen LogP contribution >= 0.6 is 0 Å². The molecule has 3 rings (SSSR count). The number of nitrogens with zero attached hydrogens (tertiary/aromatic N) is 4. The molecule has 150 valence electrons. The third-order valence-corrected chi connectivity index (χ3v) is 4.55. The number of carbonyl (C=O) groups excluding carboxylic acids is 1. The third kappa shape index (κ3) is 5.53. The summed E-state index contributed by atoms with van der Waals surface area (Å²) >= 11 is 0. The fraction of sp³-hybridized carbons (Fsp3) is 0.421. The highest BCUT2D eigenvalue weighted by Crippen LogP contribution is 2.20. The molecule has 1 aromatic heterocycles. The predicted molar refractivity (Wildman–Crippen MR) is 105 cm³/mol. The molecule has 9 heteroatoms. The average molecular weight is 388 g/mol. The zero-order chi connectivity index (χ0) is 19.8. The highest BCUT2D eigenvalue weighted by molar-refractivity contribution is 5.89. The van der Waals surface area contributed by atoms with Crippen molar-refractivity contribution in [1.29, 1.82) is 0 Å². The van der Waals surface area contributed by atoms with Crippen molar-refractivity contribution in [3.8, 4) is 5.75 Å². The number of methoxy groups -OCH3 is 1. The summed E-state index contributed by atoms with van der Waals surface area (Å²) in [6.07, 6.45) is 4.35. The Bertz CT molecular complexity index is 768. The van der Waals surface area contributed by atoms with Crippen molar-refractivity contribution in [3.05, 3.63) is 42.5 Å². The standard InChI is InChI=1S/C19H25FN6O2/c1-28-17-5-4-15(14-16(17)20)24-19(27)23-8-3-9-25-10-12-26(13-11-25)18-21-6-2-7-22-18/h2,4-7,14H,3,8-13H2,1H3,(H2,23,24,27). The maximum absolute atomic E-state index is 13.6. The number of benzene rings is 1. The summed E-state index contributed by atoms with van der Waals surface area (Å²) in [5, 5.41) is 5.41. The Morgan fingerprint density at radius 1 is 1.21 bits per heavy atom. The molecule has 2 N–H and O–H groups in total. The number of nitrogens with one attached hydrogen (secondary N) is 2. The molecule has 28 heavy (non-hydrogen) atoms. The summed E-state index contributed by atoms with van der Waals surface area (Å²) < 4.78 is 18.5. The summed E-state index contributed by atoms with van der Waals surface area (Å²) in [6, 6.07) is 5.76. The number of anilines is 2. The lowest BCUT2D eigenvalue weighted by molar-refractivity contribution is 0.244. The second-order valence-electron chi connectivity index (χ2n) is 6.46. The number of hydrogen-bond acceptors (Lipinski definition) is 6. The number of rotatable bonds is 7. The van der Waals surface area contributed by atoms with Crippen molar-refractivity contribution in [2.45, 2.75) is 6.42 Å². The minimum absolute atomic E-state index is 0.143. The Kier molecular flexibility index (Phi) is 6.96. The van der Waals surface area contributed by atoms with Gasteiger partial charge in [0.1, 0.15) is 0 Å². The van der Waals surface area contributed by atoms with Gasteiger partial charge in [-0.2, -0.15) is 0 Å². The highest BCUT2D eigenvalue weighted by atomic mass is 19.1. The van der Waals surface area contributed by atoms with Gasteiger partial charge in [-0.1, -0.05) is 0 Å². The molecule has 8 nitrogen and oxygen atoms in total. The van der Waals surface area contributed by atoms with Gasteiger partial charge < -0.3 is 20.3 Å². The van der Waals surface area contributed by atoms with Crippen LogP contribution in [0, 0.1) is 5.82 Å². The molecule has 0 aliphatic carbocycles. The molecule has 1 saturated heterocycles. The largest absolute Gasteiger partial charge is 0.494 e. The average Bonchev–Trinajstić information content (AvgIpc) is 2.72. The number of hydrogen-bond donors (Lipinski definition) is 2. The molecule has 0 spiro atoms. The number of aromatic nitrogens is 2. The lowest BCUT2D eigenvalue weighted by Gasteiger charge is -2.34. The van der Waals surface area contributed by atoms with Crippen molar-refractivity contribution in [2.24, 2.45) is 0 Å². The summed E-state index contributed by atoms with van der Waals surface area (Å²) in [5.41, 5.74) is 0.384. The smallest absolute Gasteiger partial charge is 0.319 e. The van der Waals surface area contributed by atoms with Gasteiger partial charge in [0.05, 0.1) is 7.11 Å². The second kappa shape index (κ2) is 9.84. The molecule has 0 atom stereocenters. The monoisotopic (exact) mass is 388 g/mol. The number of ether oxygens (including phenoxy) is 1. The highest BCUT2D eigenvalue weighted by Gasteiger charge is 2.18. The molecule has 0 unspecified atom stereocenters. The van der Waals surface area contributed by atoms with E-state index in [1.807, 2.05) is 6.07 Å². The molecule has 0 radical (unpaired) electrons. The van der Waals surface area contributed by atoms with Crippen LogP contribution in [-0.4, -0.2) is 67.3 Å². The van der Waals surface area contributed by atoms with Crippen molar-refractivity contribution in [2.75, 3.05) is 56.6 Å².